The van der Waals surface area contributed by atoms with Crippen LogP contribution in [0, 0.1) is 5.92 Å². The lowest BCUT2D eigenvalue weighted by Gasteiger charge is -2.33. The molecule has 1 amide bonds. The lowest BCUT2D eigenvalue weighted by molar-refractivity contribution is -0.136. The monoisotopic (exact) mass is 333 g/mol. The smallest absolute Gasteiger partial charge is 0.249 e. The number of carbonyl (C=O) groups excluding carboxylic acids is 1. The number of piperidine rings is 1. The van der Waals surface area contributed by atoms with E-state index in [-0.39, 0.29) is 11.9 Å². The third-order valence-electron chi connectivity index (χ3n) is 5.86. The predicted molar refractivity (Wildman–Crippen MR) is 92.5 cm³/mol. The van der Waals surface area contributed by atoms with Gasteiger partial charge >= 0.3 is 0 Å². The van der Waals surface area contributed by atoms with Crippen molar-refractivity contribution in [3.8, 4) is 0 Å². The number of amides is 1. The van der Waals surface area contributed by atoms with Crippen molar-refractivity contribution in [2.45, 2.75) is 90.0 Å². The van der Waals surface area contributed by atoms with Gasteiger partial charge in [0.15, 0.2) is 5.82 Å². The minimum absolute atomic E-state index is 0.0138. The topological polar surface area (TPSA) is 59.2 Å². The largest absolute Gasteiger partial charge is 0.337 e. The van der Waals surface area contributed by atoms with Gasteiger partial charge in [-0.3, -0.25) is 4.79 Å². The van der Waals surface area contributed by atoms with E-state index in [0.717, 1.165) is 50.4 Å². The fraction of sp³-hybridized carbons (Fsp3) is 0.842. The second kappa shape index (κ2) is 8.13. The summed E-state index contributed by atoms with van der Waals surface area (Å²) in [7, 11) is 0. The fourth-order valence-electron chi connectivity index (χ4n) is 4.02. The number of aromatic nitrogens is 2. The Morgan fingerprint density at radius 3 is 2.75 bits per heavy atom. The van der Waals surface area contributed by atoms with Crippen LogP contribution in [-0.2, 0) is 4.79 Å². The first-order chi connectivity index (χ1) is 11.7. The summed E-state index contributed by atoms with van der Waals surface area (Å²) < 4.78 is 5.53. The van der Waals surface area contributed by atoms with Gasteiger partial charge in [0.25, 0.3) is 0 Å². The van der Waals surface area contributed by atoms with Gasteiger partial charge in [0.05, 0.1) is 0 Å². The first-order valence-electron chi connectivity index (χ1n) is 9.82. The van der Waals surface area contributed by atoms with Crippen LogP contribution in [0.15, 0.2) is 4.52 Å². The van der Waals surface area contributed by atoms with Gasteiger partial charge in [-0.1, -0.05) is 44.7 Å². The summed E-state index contributed by atoms with van der Waals surface area (Å²) in [5.74, 6) is 2.75. The summed E-state index contributed by atoms with van der Waals surface area (Å²) in [6.45, 7) is 5.06. The quantitative estimate of drug-likeness (QED) is 0.763. The van der Waals surface area contributed by atoms with E-state index in [1.165, 1.54) is 25.7 Å². The van der Waals surface area contributed by atoms with Crippen molar-refractivity contribution in [1.29, 1.82) is 0 Å². The van der Waals surface area contributed by atoms with Gasteiger partial charge in [0.1, 0.15) is 6.04 Å². The number of likely N-dealkylation sites (tertiary alicyclic amines) is 1. The number of nitrogens with zero attached hydrogens (tertiary/aromatic N) is 3. The highest BCUT2D eigenvalue weighted by Crippen LogP contribution is 2.33. The first kappa shape index (κ1) is 17.4. The van der Waals surface area contributed by atoms with E-state index in [1.54, 1.807) is 0 Å². The fourth-order valence-corrected chi connectivity index (χ4v) is 4.02. The molecule has 24 heavy (non-hydrogen) atoms. The Kier molecular flexibility index (Phi) is 5.90. The molecule has 1 saturated carbocycles. The molecule has 0 bridgehead atoms. The molecular weight excluding hydrogens is 302 g/mol. The SMILES string of the molecule is CC[C@@H](C)c1noc([C@@H]2CCCCN2C(=O)CCC2CCCC2)n1. The molecule has 0 unspecified atom stereocenters. The minimum atomic E-state index is -0.0138. The normalized spacial score (nSPS) is 23.6. The molecule has 1 aliphatic carbocycles. The molecule has 5 heteroatoms. The molecule has 2 fully saturated rings. The predicted octanol–water partition coefficient (Wildman–Crippen LogP) is 4.61. The maximum atomic E-state index is 12.8. The second-order valence-corrected chi connectivity index (χ2v) is 7.59. The Bertz CT molecular complexity index is 536. The Balaban J connectivity index is 1.63. The molecule has 0 N–H and O–H groups in total. The molecule has 5 nitrogen and oxygen atoms in total. The van der Waals surface area contributed by atoms with Crippen molar-refractivity contribution in [3.05, 3.63) is 11.7 Å². The molecule has 1 aromatic heterocycles. The Morgan fingerprint density at radius 1 is 1.25 bits per heavy atom. The van der Waals surface area contributed by atoms with Crippen LogP contribution in [0.2, 0.25) is 0 Å². The zero-order chi connectivity index (χ0) is 16.9. The molecule has 2 aliphatic rings. The Hall–Kier alpha value is -1.39. The third kappa shape index (κ3) is 3.98. The maximum Gasteiger partial charge on any atom is 0.249 e. The van der Waals surface area contributed by atoms with Crippen molar-refractivity contribution in [3.63, 3.8) is 0 Å². The van der Waals surface area contributed by atoms with Crippen LogP contribution in [0.5, 0.6) is 0 Å². The van der Waals surface area contributed by atoms with E-state index >= 15 is 0 Å². The second-order valence-electron chi connectivity index (χ2n) is 7.59. The van der Waals surface area contributed by atoms with Crippen LogP contribution < -0.4 is 0 Å². The molecule has 134 valence electrons. The molecule has 2 atom stereocenters. The van der Waals surface area contributed by atoms with Gasteiger partial charge in [-0.25, -0.2) is 0 Å². The third-order valence-corrected chi connectivity index (χ3v) is 5.86. The lowest BCUT2D eigenvalue weighted by Crippen LogP contribution is -2.38. The van der Waals surface area contributed by atoms with Gasteiger partial charge in [-0.2, -0.15) is 4.98 Å². The molecular formula is C19H31N3O2. The zero-order valence-electron chi connectivity index (χ0n) is 15.2. The number of hydrogen-bond acceptors (Lipinski definition) is 4. The lowest BCUT2D eigenvalue weighted by atomic mass is 9.98. The van der Waals surface area contributed by atoms with Gasteiger partial charge in [-0.05, 0) is 38.0 Å². The van der Waals surface area contributed by atoms with E-state index in [1.807, 2.05) is 4.90 Å². The highest BCUT2D eigenvalue weighted by molar-refractivity contribution is 5.76. The maximum absolute atomic E-state index is 12.8. The van der Waals surface area contributed by atoms with Crippen molar-refractivity contribution in [1.82, 2.24) is 15.0 Å². The van der Waals surface area contributed by atoms with Crippen LogP contribution in [0.25, 0.3) is 0 Å². The summed E-state index contributed by atoms with van der Waals surface area (Å²) in [6, 6.07) is -0.0138. The number of hydrogen-bond donors (Lipinski definition) is 0. The standard InChI is InChI=1S/C19H31N3O2/c1-3-14(2)18-20-19(24-21-18)16-10-6-7-13-22(16)17(23)12-11-15-8-4-5-9-15/h14-16H,3-13H2,1-2H3/t14-,16+/m1/s1. The summed E-state index contributed by atoms with van der Waals surface area (Å²) >= 11 is 0. The van der Waals surface area contributed by atoms with Gasteiger partial charge in [0, 0.05) is 18.9 Å². The average Bonchev–Trinajstić information content (AvgIpc) is 3.30. The van der Waals surface area contributed by atoms with E-state index < -0.39 is 0 Å². The average molecular weight is 333 g/mol. The molecule has 0 radical (unpaired) electrons. The summed E-state index contributed by atoms with van der Waals surface area (Å²) in [6.07, 6.45) is 11.1. The first-order valence-corrected chi connectivity index (χ1v) is 9.82. The van der Waals surface area contributed by atoms with Crippen molar-refractivity contribution < 1.29 is 9.32 Å². The van der Waals surface area contributed by atoms with E-state index in [2.05, 4.69) is 24.0 Å². The molecule has 2 heterocycles. The summed E-state index contributed by atoms with van der Waals surface area (Å²) in [5.41, 5.74) is 0. The Labute approximate surface area is 145 Å². The van der Waals surface area contributed by atoms with Gasteiger partial charge in [0.2, 0.25) is 11.8 Å². The van der Waals surface area contributed by atoms with E-state index in [9.17, 15) is 4.79 Å². The van der Waals surface area contributed by atoms with Crippen LogP contribution in [0.3, 0.4) is 0 Å². The molecule has 1 saturated heterocycles. The van der Waals surface area contributed by atoms with Crippen LogP contribution in [-0.4, -0.2) is 27.5 Å². The summed E-state index contributed by atoms with van der Waals surface area (Å²) in [4.78, 5) is 19.4. The van der Waals surface area contributed by atoms with E-state index in [4.69, 9.17) is 4.52 Å². The van der Waals surface area contributed by atoms with E-state index in [0.29, 0.717) is 18.2 Å². The number of rotatable bonds is 6. The van der Waals surface area contributed by atoms with Gasteiger partial charge in [-0.15, -0.1) is 0 Å². The molecule has 0 aromatic carbocycles. The minimum Gasteiger partial charge on any atom is -0.337 e. The highest BCUT2D eigenvalue weighted by atomic mass is 16.5. The molecule has 1 aliphatic heterocycles. The Morgan fingerprint density at radius 2 is 2.00 bits per heavy atom. The van der Waals surface area contributed by atoms with Crippen LogP contribution in [0.4, 0.5) is 0 Å². The van der Waals surface area contributed by atoms with Crippen LogP contribution >= 0.6 is 0 Å². The van der Waals surface area contributed by atoms with Crippen LogP contribution in [0.1, 0.15) is 102 Å². The molecule has 1 aromatic rings. The summed E-state index contributed by atoms with van der Waals surface area (Å²) in [5, 5.41) is 4.14. The highest BCUT2D eigenvalue weighted by Gasteiger charge is 2.32. The van der Waals surface area contributed by atoms with Crippen molar-refractivity contribution >= 4 is 5.91 Å². The zero-order valence-corrected chi connectivity index (χ0v) is 15.2. The molecule has 3 rings (SSSR count). The van der Waals surface area contributed by atoms with Gasteiger partial charge < -0.3 is 9.42 Å². The van der Waals surface area contributed by atoms with Crippen molar-refractivity contribution in [2.75, 3.05) is 6.54 Å². The molecule has 0 spiro atoms. The number of carbonyl (C=O) groups is 1. The van der Waals surface area contributed by atoms with Crippen molar-refractivity contribution in [2.24, 2.45) is 5.92 Å².